The van der Waals surface area contributed by atoms with Crippen molar-refractivity contribution in [1.82, 2.24) is 4.98 Å². The molecular formula is C10H16N2O3S. The minimum absolute atomic E-state index is 0.347. The van der Waals surface area contributed by atoms with Crippen molar-refractivity contribution in [3.63, 3.8) is 0 Å². The van der Waals surface area contributed by atoms with Crippen LogP contribution in [0.2, 0.25) is 0 Å². The molecule has 0 aromatic carbocycles. The Labute approximate surface area is 98.8 Å². The zero-order valence-electron chi connectivity index (χ0n) is 9.49. The minimum atomic E-state index is -0.404. The van der Waals surface area contributed by atoms with Gasteiger partial charge in [-0.1, -0.05) is 0 Å². The second-order valence-corrected chi connectivity index (χ2v) is 3.86. The van der Waals surface area contributed by atoms with E-state index in [2.05, 4.69) is 15.0 Å². The summed E-state index contributed by atoms with van der Waals surface area (Å²) in [4.78, 5) is 15.2. The lowest BCUT2D eigenvalue weighted by molar-refractivity contribution is 0.0595. The molecule has 0 radical (unpaired) electrons. The summed E-state index contributed by atoms with van der Waals surface area (Å²) in [6.45, 7) is 4.23. The third-order valence-electron chi connectivity index (χ3n) is 1.84. The fourth-order valence-electron chi connectivity index (χ4n) is 1.07. The average Bonchev–Trinajstić information content (AvgIpc) is 2.76. The molecular weight excluding hydrogens is 228 g/mol. The maximum absolute atomic E-state index is 11.1. The third-order valence-corrected chi connectivity index (χ3v) is 2.64. The van der Waals surface area contributed by atoms with Crippen molar-refractivity contribution in [2.45, 2.75) is 13.3 Å². The zero-order chi connectivity index (χ0) is 11.8. The van der Waals surface area contributed by atoms with Crippen molar-refractivity contribution in [1.29, 1.82) is 0 Å². The summed E-state index contributed by atoms with van der Waals surface area (Å²) in [5.74, 6) is -0.404. The molecule has 0 atom stereocenters. The number of methoxy groups -OCH3 is 1. The zero-order valence-corrected chi connectivity index (χ0v) is 10.3. The fraction of sp³-hybridized carbons (Fsp3) is 0.600. The van der Waals surface area contributed by atoms with Crippen molar-refractivity contribution >= 4 is 22.4 Å². The van der Waals surface area contributed by atoms with Gasteiger partial charge in [0.25, 0.3) is 0 Å². The molecule has 0 spiro atoms. The van der Waals surface area contributed by atoms with E-state index in [4.69, 9.17) is 4.74 Å². The Morgan fingerprint density at radius 2 is 2.44 bits per heavy atom. The highest BCUT2D eigenvalue weighted by Gasteiger charge is 2.09. The highest BCUT2D eigenvalue weighted by atomic mass is 32.1. The van der Waals surface area contributed by atoms with Crippen LogP contribution in [0.5, 0.6) is 0 Å². The SMILES string of the molecule is CCOCCCNc1nc(C(=O)OC)cs1. The van der Waals surface area contributed by atoms with E-state index >= 15 is 0 Å². The Morgan fingerprint density at radius 1 is 1.62 bits per heavy atom. The van der Waals surface area contributed by atoms with Crippen molar-refractivity contribution in [2.24, 2.45) is 0 Å². The van der Waals surface area contributed by atoms with Crippen molar-refractivity contribution in [3.05, 3.63) is 11.1 Å². The van der Waals surface area contributed by atoms with Crippen LogP contribution in [-0.4, -0.2) is 37.8 Å². The molecule has 0 aliphatic rings. The number of ether oxygens (including phenoxy) is 2. The predicted molar refractivity (Wildman–Crippen MR) is 63.1 cm³/mol. The van der Waals surface area contributed by atoms with Crippen LogP contribution in [0.3, 0.4) is 0 Å². The predicted octanol–water partition coefficient (Wildman–Crippen LogP) is 1.77. The van der Waals surface area contributed by atoms with E-state index in [-0.39, 0.29) is 0 Å². The van der Waals surface area contributed by atoms with Crippen molar-refractivity contribution in [2.75, 3.05) is 32.2 Å². The molecule has 1 rings (SSSR count). The van der Waals surface area contributed by atoms with Gasteiger partial charge in [-0.05, 0) is 13.3 Å². The lowest BCUT2D eigenvalue weighted by atomic mass is 10.4. The van der Waals surface area contributed by atoms with Gasteiger partial charge in [0.1, 0.15) is 0 Å². The first kappa shape index (κ1) is 12.9. The monoisotopic (exact) mass is 244 g/mol. The van der Waals surface area contributed by atoms with Crippen molar-refractivity contribution < 1.29 is 14.3 Å². The Bertz CT molecular complexity index is 328. The number of rotatable bonds is 7. The van der Waals surface area contributed by atoms with Gasteiger partial charge in [0.2, 0.25) is 0 Å². The van der Waals surface area contributed by atoms with Gasteiger partial charge >= 0.3 is 5.97 Å². The number of aromatic nitrogens is 1. The van der Waals surface area contributed by atoms with E-state index < -0.39 is 5.97 Å². The maximum Gasteiger partial charge on any atom is 0.357 e. The van der Waals surface area contributed by atoms with Crippen LogP contribution < -0.4 is 5.32 Å². The second kappa shape index (κ2) is 7.19. The molecule has 0 unspecified atom stereocenters. The van der Waals surface area contributed by atoms with E-state index in [1.807, 2.05) is 6.92 Å². The number of thiazole rings is 1. The Hall–Kier alpha value is -1.14. The standard InChI is InChI=1S/C10H16N2O3S/c1-3-15-6-4-5-11-10-12-8(7-16-10)9(13)14-2/h7H,3-6H2,1-2H3,(H,11,12). The highest BCUT2D eigenvalue weighted by molar-refractivity contribution is 7.13. The molecule has 0 saturated carbocycles. The van der Waals surface area contributed by atoms with E-state index in [1.165, 1.54) is 18.4 Å². The van der Waals surface area contributed by atoms with E-state index in [1.54, 1.807) is 5.38 Å². The smallest absolute Gasteiger partial charge is 0.357 e. The van der Waals surface area contributed by atoms with Gasteiger partial charge < -0.3 is 14.8 Å². The first-order valence-electron chi connectivity index (χ1n) is 5.13. The van der Waals surface area contributed by atoms with Gasteiger partial charge in [-0.2, -0.15) is 0 Å². The molecule has 0 amide bonds. The van der Waals surface area contributed by atoms with Gasteiger partial charge in [-0.3, -0.25) is 0 Å². The number of hydrogen-bond donors (Lipinski definition) is 1. The number of esters is 1. The number of carbonyl (C=O) groups excluding carboxylic acids is 1. The normalized spacial score (nSPS) is 10.1. The first-order chi connectivity index (χ1) is 7.77. The third kappa shape index (κ3) is 4.16. The van der Waals surface area contributed by atoms with E-state index in [0.717, 1.165) is 31.3 Å². The van der Waals surface area contributed by atoms with Gasteiger partial charge in [0.15, 0.2) is 10.8 Å². The molecule has 1 aromatic heterocycles. The summed E-state index contributed by atoms with van der Waals surface area (Å²) in [7, 11) is 1.34. The largest absolute Gasteiger partial charge is 0.464 e. The number of anilines is 1. The molecule has 1 N–H and O–H groups in total. The highest BCUT2D eigenvalue weighted by Crippen LogP contribution is 2.15. The quantitative estimate of drug-likeness (QED) is 0.585. The number of hydrogen-bond acceptors (Lipinski definition) is 6. The first-order valence-corrected chi connectivity index (χ1v) is 6.01. The Morgan fingerprint density at radius 3 is 3.12 bits per heavy atom. The van der Waals surface area contributed by atoms with Gasteiger partial charge in [-0.15, -0.1) is 11.3 Å². The van der Waals surface area contributed by atoms with Gasteiger partial charge in [-0.25, -0.2) is 9.78 Å². The molecule has 1 aromatic rings. The molecule has 90 valence electrons. The van der Waals surface area contributed by atoms with Gasteiger partial charge in [0, 0.05) is 25.1 Å². The van der Waals surface area contributed by atoms with Crippen LogP contribution >= 0.6 is 11.3 Å². The Balaban J connectivity index is 2.27. The topological polar surface area (TPSA) is 60.5 Å². The molecule has 6 heteroatoms. The molecule has 0 aliphatic heterocycles. The molecule has 16 heavy (non-hydrogen) atoms. The Kier molecular flexibility index (Phi) is 5.81. The van der Waals surface area contributed by atoms with Crippen LogP contribution in [0.25, 0.3) is 0 Å². The number of carbonyl (C=O) groups is 1. The second-order valence-electron chi connectivity index (χ2n) is 3.01. The lowest BCUT2D eigenvalue weighted by Crippen LogP contribution is -2.06. The van der Waals surface area contributed by atoms with E-state index in [0.29, 0.717) is 5.69 Å². The summed E-state index contributed by atoms with van der Waals surface area (Å²) in [5.41, 5.74) is 0.347. The van der Waals surface area contributed by atoms with E-state index in [9.17, 15) is 4.79 Å². The molecule has 1 heterocycles. The molecule has 0 saturated heterocycles. The number of nitrogens with zero attached hydrogens (tertiary/aromatic N) is 1. The fourth-order valence-corrected chi connectivity index (χ4v) is 1.78. The maximum atomic E-state index is 11.1. The van der Waals surface area contributed by atoms with Crippen LogP contribution in [0.4, 0.5) is 5.13 Å². The molecule has 0 aliphatic carbocycles. The lowest BCUT2D eigenvalue weighted by Gasteiger charge is -2.02. The summed E-state index contributed by atoms with van der Waals surface area (Å²) < 4.78 is 9.77. The van der Waals surface area contributed by atoms with Crippen molar-refractivity contribution in [3.8, 4) is 0 Å². The molecule has 0 fully saturated rings. The van der Waals surface area contributed by atoms with Crippen LogP contribution in [0, 0.1) is 0 Å². The van der Waals surface area contributed by atoms with Crippen LogP contribution in [-0.2, 0) is 9.47 Å². The minimum Gasteiger partial charge on any atom is -0.464 e. The summed E-state index contributed by atoms with van der Waals surface area (Å²) in [5, 5.41) is 5.53. The summed E-state index contributed by atoms with van der Waals surface area (Å²) in [6.07, 6.45) is 0.918. The molecule has 0 bridgehead atoms. The summed E-state index contributed by atoms with van der Waals surface area (Å²) >= 11 is 1.39. The van der Waals surface area contributed by atoms with Crippen LogP contribution in [0.15, 0.2) is 5.38 Å². The number of nitrogens with one attached hydrogen (secondary N) is 1. The van der Waals surface area contributed by atoms with Crippen LogP contribution in [0.1, 0.15) is 23.8 Å². The molecule has 5 nitrogen and oxygen atoms in total. The summed E-state index contributed by atoms with van der Waals surface area (Å²) in [6, 6.07) is 0. The average molecular weight is 244 g/mol. The van der Waals surface area contributed by atoms with Gasteiger partial charge in [0.05, 0.1) is 7.11 Å².